The van der Waals surface area contributed by atoms with Crippen LogP contribution in [0, 0.1) is 5.82 Å². The first-order valence-electron chi connectivity index (χ1n) is 7.72. The zero-order valence-corrected chi connectivity index (χ0v) is 18.5. The molecule has 142 valence electrons. The van der Waals surface area contributed by atoms with E-state index in [1.165, 1.54) is 12.1 Å². The van der Waals surface area contributed by atoms with Gasteiger partial charge in [-0.1, -0.05) is 22.0 Å². The third-order valence-electron chi connectivity index (χ3n) is 3.60. The van der Waals surface area contributed by atoms with E-state index in [4.69, 9.17) is 15.2 Å². The Hall–Kier alpha value is -1.55. The number of guanidine groups is 1. The Kier molecular flexibility index (Phi) is 9.71. The molecule has 5 nitrogen and oxygen atoms in total. The molecule has 0 saturated carbocycles. The predicted molar refractivity (Wildman–Crippen MR) is 116 cm³/mol. The fourth-order valence-electron chi connectivity index (χ4n) is 2.26. The summed E-state index contributed by atoms with van der Waals surface area (Å²) in [4.78, 5) is 4.23. The van der Waals surface area contributed by atoms with Crippen LogP contribution in [-0.4, -0.2) is 26.7 Å². The molecular weight excluding hydrogens is 516 g/mol. The van der Waals surface area contributed by atoms with Crippen LogP contribution in [0.25, 0.3) is 0 Å². The van der Waals surface area contributed by atoms with Gasteiger partial charge in [-0.3, -0.25) is 0 Å². The Morgan fingerprint density at radius 3 is 2.58 bits per heavy atom. The van der Waals surface area contributed by atoms with Gasteiger partial charge in [0.15, 0.2) is 17.5 Å². The summed E-state index contributed by atoms with van der Waals surface area (Å²) in [5, 5.41) is 3.05. The van der Waals surface area contributed by atoms with E-state index in [1.54, 1.807) is 20.3 Å². The fraction of sp³-hybridized carbons (Fsp3) is 0.278. The Morgan fingerprint density at radius 1 is 1.15 bits per heavy atom. The van der Waals surface area contributed by atoms with Gasteiger partial charge in [0.1, 0.15) is 5.82 Å². The monoisotopic (exact) mass is 537 g/mol. The van der Waals surface area contributed by atoms with Crippen LogP contribution in [0.2, 0.25) is 0 Å². The molecule has 0 saturated heterocycles. The second-order valence-electron chi connectivity index (χ2n) is 5.30. The average Bonchev–Trinajstić information content (AvgIpc) is 2.62. The van der Waals surface area contributed by atoms with E-state index in [0.29, 0.717) is 30.5 Å². The van der Waals surface area contributed by atoms with Gasteiger partial charge >= 0.3 is 0 Å². The van der Waals surface area contributed by atoms with Gasteiger partial charge in [0.25, 0.3) is 0 Å². The van der Waals surface area contributed by atoms with Gasteiger partial charge in [-0.15, -0.1) is 24.0 Å². The molecular formula is C18H22BrFIN3O2. The van der Waals surface area contributed by atoms with Crippen LogP contribution in [-0.2, 0) is 13.0 Å². The summed E-state index contributed by atoms with van der Waals surface area (Å²) in [6, 6.07) is 10.2. The first-order chi connectivity index (χ1) is 12.0. The van der Waals surface area contributed by atoms with E-state index in [1.807, 2.05) is 18.2 Å². The van der Waals surface area contributed by atoms with Crippen molar-refractivity contribution in [2.75, 3.05) is 20.8 Å². The smallest absolute Gasteiger partial charge is 0.188 e. The van der Waals surface area contributed by atoms with Crippen molar-refractivity contribution in [3.05, 3.63) is 57.8 Å². The maximum Gasteiger partial charge on any atom is 0.188 e. The number of nitrogens with one attached hydrogen (secondary N) is 1. The number of nitrogens with zero attached hydrogens (tertiary/aromatic N) is 1. The van der Waals surface area contributed by atoms with E-state index >= 15 is 0 Å². The van der Waals surface area contributed by atoms with Crippen molar-refractivity contribution in [2.24, 2.45) is 10.7 Å². The van der Waals surface area contributed by atoms with Crippen molar-refractivity contribution < 1.29 is 13.9 Å². The average molecular weight is 538 g/mol. The van der Waals surface area contributed by atoms with Crippen molar-refractivity contribution in [3.63, 3.8) is 0 Å². The van der Waals surface area contributed by atoms with Crippen LogP contribution >= 0.6 is 39.9 Å². The lowest BCUT2D eigenvalue weighted by Crippen LogP contribution is -2.33. The van der Waals surface area contributed by atoms with Crippen molar-refractivity contribution in [2.45, 2.75) is 13.0 Å². The lowest BCUT2D eigenvalue weighted by Gasteiger charge is -2.10. The molecule has 2 aromatic carbocycles. The number of hydrogen-bond acceptors (Lipinski definition) is 3. The molecule has 0 aromatic heterocycles. The molecule has 26 heavy (non-hydrogen) atoms. The van der Waals surface area contributed by atoms with E-state index in [2.05, 4.69) is 26.2 Å². The summed E-state index contributed by atoms with van der Waals surface area (Å²) in [5.74, 6) is 1.41. The molecule has 0 heterocycles. The van der Waals surface area contributed by atoms with Crippen LogP contribution in [0.4, 0.5) is 4.39 Å². The Balaban J connectivity index is 0.00000338. The summed E-state index contributed by atoms with van der Waals surface area (Å²) in [6.07, 6.45) is 0.750. The van der Waals surface area contributed by atoms with Gasteiger partial charge in [0, 0.05) is 11.0 Å². The zero-order valence-electron chi connectivity index (χ0n) is 14.6. The van der Waals surface area contributed by atoms with Gasteiger partial charge < -0.3 is 20.5 Å². The Morgan fingerprint density at radius 2 is 1.88 bits per heavy atom. The second-order valence-corrected chi connectivity index (χ2v) is 6.16. The van der Waals surface area contributed by atoms with Gasteiger partial charge in [-0.05, 0) is 47.9 Å². The van der Waals surface area contributed by atoms with Crippen LogP contribution in [0.3, 0.4) is 0 Å². The number of aliphatic imine (C=N–C) groups is 1. The molecule has 3 N–H and O–H groups in total. The van der Waals surface area contributed by atoms with E-state index in [0.717, 1.165) is 22.0 Å². The third-order valence-corrected chi connectivity index (χ3v) is 4.37. The number of halogens is 3. The molecule has 0 unspecified atom stereocenters. The van der Waals surface area contributed by atoms with Crippen LogP contribution in [0.15, 0.2) is 45.9 Å². The molecule has 2 rings (SSSR count). The van der Waals surface area contributed by atoms with Gasteiger partial charge in [-0.25, -0.2) is 9.38 Å². The predicted octanol–water partition coefficient (Wildman–Crippen LogP) is 3.87. The summed E-state index contributed by atoms with van der Waals surface area (Å²) in [7, 11) is 3.21. The van der Waals surface area contributed by atoms with Gasteiger partial charge in [0.05, 0.1) is 20.8 Å². The summed E-state index contributed by atoms with van der Waals surface area (Å²) < 4.78 is 24.5. The first-order valence-corrected chi connectivity index (χ1v) is 8.51. The molecule has 8 heteroatoms. The second kappa shape index (κ2) is 11.2. The highest BCUT2D eigenvalue weighted by Gasteiger charge is 2.05. The van der Waals surface area contributed by atoms with Crippen molar-refractivity contribution in [1.29, 1.82) is 0 Å². The minimum atomic E-state index is -0.298. The number of rotatable bonds is 7. The molecule has 0 bridgehead atoms. The highest BCUT2D eigenvalue weighted by atomic mass is 127. The highest BCUT2D eigenvalue weighted by molar-refractivity contribution is 14.0. The normalized spacial score (nSPS) is 10.8. The molecule has 0 aliphatic rings. The minimum Gasteiger partial charge on any atom is -0.493 e. The molecule has 0 aliphatic carbocycles. The number of hydrogen-bond donors (Lipinski definition) is 2. The van der Waals surface area contributed by atoms with E-state index in [-0.39, 0.29) is 29.8 Å². The van der Waals surface area contributed by atoms with Gasteiger partial charge in [0.2, 0.25) is 0 Å². The highest BCUT2D eigenvalue weighted by Crippen LogP contribution is 2.27. The van der Waals surface area contributed by atoms with Crippen LogP contribution in [0.1, 0.15) is 11.1 Å². The summed E-state index contributed by atoms with van der Waals surface area (Å²) in [5.41, 5.74) is 7.69. The van der Waals surface area contributed by atoms with Crippen LogP contribution in [0.5, 0.6) is 11.5 Å². The molecule has 0 atom stereocenters. The van der Waals surface area contributed by atoms with E-state index in [9.17, 15) is 4.39 Å². The number of methoxy groups -OCH3 is 2. The lowest BCUT2D eigenvalue weighted by atomic mass is 10.1. The SMILES string of the molecule is COc1ccc(CCNC(N)=NCc2cc(F)ccc2Br)cc1OC.I. The largest absolute Gasteiger partial charge is 0.493 e. The number of nitrogens with two attached hydrogens (primary N) is 1. The molecule has 0 aliphatic heterocycles. The topological polar surface area (TPSA) is 68.9 Å². The molecule has 0 radical (unpaired) electrons. The molecule has 2 aromatic rings. The molecule has 0 spiro atoms. The van der Waals surface area contributed by atoms with Crippen molar-refractivity contribution in [3.8, 4) is 11.5 Å². The Bertz CT molecular complexity index is 759. The fourth-order valence-corrected chi connectivity index (χ4v) is 2.63. The third kappa shape index (κ3) is 6.64. The summed E-state index contributed by atoms with van der Waals surface area (Å²) in [6.45, 7) is 0.919. The molecule has 0 fully saturated rings. The first kappa shape index (κ1) is 22.5. The number of benzene rings is 2. The maximum atomic E-state index is 13.2. The van der Waals surface area contributed by atoms with Crippen molar-refractivity contribution in [1.82, 2.24) is 5.32 Å². The standard InChI is InChI=1S/C18H21BrFN3O2.HI/c1-24-16-6-3-12(9-17(16)25-2)7-8-22-18(21)23-11-13-10-14(20)4-5-15(13)19;/h3-6,9-10H,7-8,11H2,1-2H3,(H3,21,22,23);1H. The maximum absolute atomic E-state index is 13.2. The quantitative estimate of drug-likeness (QED) is 0.319. The Labute approximate surface area is 178 Å². The van der Waals surface area contributed by atoms with Gasteiger partial charge in [-0.2, -0.15) is 0 Å². The zero-order chi connectivity index (χ0) is 18.2. The minimum absolute atomic E-state index is 0. The number of ether oxygens (including phenoxy) is 2. The lowest BCUT2D eigenvalue weighted by molar-refractivity contribution is 0.354. The summed E-state index contributed by atoms with van der Waals surface area (Å²) >= 11 is 3.37. The van der Waals surface area contributed by atoms with Crippen LogP contribution < -0.4 is 20.5 Å². The molecule has 0 amide bonds. The van der Waals surface area contributed by atoms with E-state index < -0.39 is 0 Å². The van der Waals surface area contributed by atoms with Crippen molar-refractivity contribution >= 4 is 45.9 Å².